The number of aryl methyl sites for hydroxylation is 2. The molecule has 3 amide bonds. The molecular formula is C33H38N4O7. The molecule has 4 bridgehead atoms. The van der Waals surface area contributed by atoms with Crippen molar-refractivity contribution in [1.82, 2.24) is 19.7 Å². The fourth-order valence-electron chi connectivity index (χ4n) is 5.48. The number of nitrogens with one attached hydrogen (secondary N) is 1. The number of carbonyl (C=O) groups excluding carboxylic acids is 3. The number of amides is 3. The minimum Gasteiger partial charge on any atom is -0.493 e. The average Bonchev–Trinajstić information content (AvgIpc) is 3.02. The normalized spacial score (nSPS) is 19.6. The highest BCUT2D eigenvalue weighted by Crippen LogP contribution is 2.33. The summed E-state index contributed by atoms with van der Waals surface area (Å²) in [4.78, 5) is 54.3. The van der Waals surface area contributed by atoms with Gasteiger partial charge in [-0.3, -0.25) is 19.2 Å². The van der Waals surface area contributed by atoms with Crippen LogP contribution in [0.1, 0.15) is 30.4 Å². The van der Waals surface area contributed by atoms with Crippen LogP contribution in [-0.2, 0) is 38.7 Å². The minimum absolute atomic E-state index is 0.0886. The van der Waals surface area contributed by atoms with Crippen molar-refractivity contribution in [3.63, 3.8) is 0 Å². The van der Waals surface area contributed by atoms with Crippen LogP contribution in [0.4, 0.5) is 0 Å². The summed E-state index contributed by atoms with van der Waals surface area (Å²) in [5.74, 6) is 1.17. The molecule has 2 atom stereocenters. The lowest BCUT2D eigenvalue weighted by Crippen LogP contribution is -2.57. The van der Waals surface area contributed by atoms with Gasteiger partial charge in [0.2, 0.25) is 17.7 Å². The van der Waals surface area contributed by atoms with Crippen LogP contribution < -0.4 is 20.3 Å². The van der Waals surface area contributed by atoms with Gasteiger partial charge < -0.3 is 33.9 Å². The standard InChI is InChI=1S/C33H38N4O7/c1-35-21-30(38)34-26-13-16-37(33(41)14-17-36-15-4-3-8-32(36)40)20-29(26)43-22-24-6-5-7-25(18-24)44-27-11-9-23(10-12-31(35)39)19-28(27)42-2/h3-9,11,15,18-19,26,29H,10,12-14,16-17,20-22H2,1-2H3,(H,34,38)/t26-,29-/m0/s1. The Morgan fingerprint density at radius 1 is 1.02 bits per heavy atom. The number of fused-ring (bicyclic) bond motifs is 9. The highest BCUT2D eigenvalue weighted by atomic mass is 16.5. The molecule has 3 aliphatic rings. The summed E-state index contributed by atoms with van der Waals surface area (Å²) in [5, 5.41) is 3.04. The molecule has 1 aromatic heterocycles. The summed E-state index contributed by atoms with van der Waals surface area (Å²) in [7, 11) is 3.18. The van der Waals surface area contributed by atoms with Gasteiger partial charge in [0.1, 0.15) is 5.75 Å². The first-order valence-electron chi connectivity index (χ1n) is 14.8. The third kappa shape index (κ3) is 7.84. The zero-order valence-corrected chi connectivity index (χ0v) is 25.1. The highest BCUT2D eigenvalue weighted by molar-refractivity contribution is 5.85. The van der Waals surface area contributed by atoms with Crippen LogP contribution in [0.15, 0.2) is 71.7 Å². The van der Waals surface area contributed by atoms with Gasteiger partial charge in [-0.2, -0.15) is 0 Å². The van der Waals surface area contributed by atoms with E-state index in [0.717, 1.165) is 11.1 Å². The van der Waals surface area contributed by atoms with Crippen molar-refractivity contribution in [1.29, 1.82) is 0 Å². The van der Waals surface area contributed by atoms with E-state index in [1.54, 1.807) is 37.4 Å². The minimum atomic E-state index is -0.490. The first kappa shape index (κ1) is 30.8. The molecule has 4 heterocycles. The van der Waals surface area contributed by atoms with Crippen LogP contribution in [0.5, 0.6) is 17.2 Å². The van der Waals surface area contributed by atoms with E-state index in [1.807, 2.05) is 42.5 Å². The fraction of sp³-hybridized carbons (Fsp3) is 0.394. The molecule has 3 aliphatic heterocycles. The van der Waals surface area contributed by atoms with E-state index in [0.29, 0.717) is 36.6 Å². The lowest BCUT2D eigenvalue weighted by molar-refractivity contribution is -0.139. The van der Waals surface area contributed by atoms with Gasteiger partial charge in [0.15, 0.2) is 11.5 Å². The van der Waals surface area contributed by atoms with Gasteiger partial charge in [0.25, 0.3) is 5.56 Å². The van der Waals surface area contributed by atoms with Crippen molar-refractivity contribution in [2.75, 3.05) is 33.8 Å². The average molecular weight is 603 g/mol. The second kappa shape index (κ2) is 14.2. The van der Waals surface area contributed by atoms with Gasteiger partial charge in [-0.25, -0.2) is 0 Å². The molecule has 1 N–H and O–H groups in total. The van der Waals surface area contributed by atoms with Gasteiger partial charge in [0.05, 0.1) is 32.4 Å². The number of hydrogen-bond acceptors (Lipinski definition) is 7. The molecule has 232 valence electrons. The third-order valence-electron chi connectivity index (χ3n) is 7.98. The number of likely N-dealkylation sites (N-methyl/N-ethyl adjacent to an activating group) is 1. The van der Waals surface area contributed by atoms with E-state index in [2.05, 4.69) is 5.32 Å². The summed E-state index contributed by atoms with van der Waals surface area (Å²) in [6.45, 7) is 1.13. The predicted octanol–water partition coefficient (Wildman–Crippen LogP) is 2.75. The molecule has 0 unspecified atom stereocenters. The van der Waals surface area contributed by atoms with Gasteiger partial charge in [-0.05, 0) is 54.3 Å². The molecule has 11 nitrogen and oxygen atoms in total. The molecule has 1 fully saturated rings. The molecule has 1 saturated heterocycles. The van der Waals surface area contributed by atoms with Crippen LogP contribution >= 0.6 is 0 Å². The maximum atomic E-state index is 13.2. The second-order valence-corrected chi connectivity index (χ2v) is 11.1. The van der Waals surface area contributed by atoms with Crippen molar-refractivity contribution >= 4 is 17.7 Å². The number of rotatable bonds is 4. The Hall–Kier alpha value is -4.64. The fourth-order valence-corrected chi connectivity index (χ4v) is 5.48. The van der Waals surface area contributed by atoms with Gasteiger partial charge in [-0.15, -0.1) is 0 Å². The smallest absolute Gasteiger partial charge is 0.250 e. The van der Waals surface area contributed by atoms with E-state index < -0.39 is 6.10 Å². The molecule has 3 aromatic rings. The van der Waals surface area contributed by atoms with Gasteiger partial charge >= 0.3 is 0 Å². The molecule has 44 heavy (non-hydrogen) atoms. The number of ether oxygens (including phenoxy) is 3. The monoisotopic (exact) mass is 602 g/mol. The van der Waals surface area contributed by atoms with Crippen LogP contribution in [0.25, 0.3) is 0 Å². The molecular weight excluding hydrogens is 564 g/mol. The van der Waals surface area contributed by atoms with Crippen LogP contribution in [0, 0.1) is 0 Å². The number of methoxy groups -OCH3 is 1. The summed E-state index contributed by atoms with van der Waals surface area (Å²) < 4.78 is 19.6. The Kier molecular flexibility index (Phi) is 9.96. The van der Waals surface area contributed by atoms with E-state index >= 15 is 0 Å². The van der Waals surface area contributed by atoms with E-state index in [4.69, 9.17) is 14.2 Å². The zero-order valence-electron chi connectivity index (χ0n) is 25.1. The lowest BCUT2D eigenvalue weighted by Gasteiger charge is -2.39. The van der Waals surface area contributed by atoms with E-state index in [-0.39, 0.29) is 68.4 Å². The number of nitrogens with zero attached hydrogens (tertiary/aromatic N) is 3. The number of piperidine rings is 1. The number of aromatic nitrogens is 1. The molecule has 0 spiro atoms. The SMILES string of the molecule is COc1cc2ccc1Oc1cccc(c1)CO[C@H]1CN(C(=O)CCn3ccccc3=O)CC[C@@H]1NC(=O)CN(C)C(=O)CC2. The van der Waals surface area contributed by atoms with Crippen molar-refractivity contribution in [2.24, 2.45) is 0 Å². The third-order valence-corrected chi connectivity index (χ3v) is 7.98. The summed E-state index contributed by atoms with van der Waals surface area (Å²) in [5.41, 5.74) is 1.62. The van der Waals surface area contributed by atoms with E-state index in [9.17, 15) is 19.2 Å². The Bertz CT molecular complexity index is 1550. The summed E-state index contributed by atoms with van der Waals surface area (Å²) >= 11 is 0. The Morgan fingerprint density at radius 2 is 1.89 bits per heavy atom. The first-order chi connectivity index (χ1) is 21.3. The van der Waals surface area contributed by atoms with Crippen LogP contribution in [-0.4, -0.2) is 78.0 Å². The van der Waals surface area contributed by atoms with Crippen LogP contribution in [0.3, 0.4) is 0 Å². The zero-order chi connectivity index (χ0) is 31.1. The number of benzene rings is 2. The lowest BCUT2D eigenvalue weighted by atomic mass is 10.0. The highest BCUT2D eigenvalue weighted by Gasteiger charge is 2.33. The quantitative estimate of drug-likeness (QED) is 0.488. The van der Waals surface area contributed by atoms with E-state index in [1.165, 1.54) is 15.5 Å². The van der Waals surface area contributed by atoms with Gasteiger partial charge in [-0.1, -0.05) is 24.3 Å². The Labute approximate surface area is 256 Å². The van der Waals surface area contributed by atoms with Crippen molar-refractivity contribution < 1.29 is 28.6 Å². The van der Waals surface area contributed by atoms with Crippen molar-refractivity contribution in [3.05, 3.63) is 88.3 Å². The topological polar surface area (TPSA) is 119 Å². The van der Waals surface area contributed by atoms with Gasteiger partial charge in [0, 0.05) is 51.8 Å². The predicted molar refractivity (Wildman–Crippen MR) is 162 cm³/mol. The maximum absolute atomic E-state index is 13.2. The summed E-state index contributed by atoms with van der Waals surface area (Å²) in [6, 6.07) is 17.6. The van der Waals surface area contributed by atoms with Crippen LogP contribution in [0.2, 0.25) is 0 Å². The largest absolute Gasteiger partial charge is 0.493 e. The first-order valence-corrected chi connectivity index (χ1v) is 14.8. The number of hydrogen-bond donors (Lipinski definition) is 1. The molecule has 11 heteroatoms. The molecule has 6 rings (SSSR count). The second-order valence-electron chi connectivity index (χ2n) is 11.1. The molecule has 0 radical (unpaired) electrons. The maximum Gasteiger partial charge on any atom is 0.250 e. The number of carbonyl (C=O) groups is 3. The summed E-state index contributed by atoms with van der Waals surface area (Å²) in [6.07, 6.45) is 2.55. The Morgan fingerprint density at radius 3 is 2.70 bits per heavy atom. The van der Waals surface area contributed by atoms with Crippen molar-refractivity contribution in [2.45, 2.75) is 51.0 Å². The number of pyridine rings is 1. The Balaban J connectivity index is 1.34. The molecule has 0 saturated carbocycles. The molecule has 0 aliphatic carbocycles. The molecule has 2 aromatic carbocycles. The van der Waals surface area contributed by atoms with Crippen molar-refractivity contribution in [3.8, 4) is 17.2 Å². The number of likely N-dealkylation sites (tertiary alicyclic amines) is 1.